The summed E-state index contributed by atoms with van der Waals surface area (Å²) < 4.78 is 1.56. The van der Waals surface area contributed by atoms with Crippen LogP contribution >= 0.6 is 0 Å². The van der Waals surface area contributed by atoms with Crippen molar-refractivity contribution in [2.75, 3.05) is 13.1 Å². The Morgan fingerprint density at radius 3 is 2.69 bits per heavy atom. The third-order valence-corrected chi connectivity index (χ3v) is 2.68. The Labute approximate surface area is 94.6 Å². The SMILES string of the molecule is CC1CN(C(=O)Cn2ccnn2)CC(C)N1. The lowest BCUT2D eigenvalue weighted by molar-refractivity contribution is -0.133. The number of hydrogen-bond donors (Lipinski definition) is 1. The first-order valence-corrected chi connectivity index (χ1v) is 5.53. The van der Waals surface area contributed by atoms with Gasteiger partial charge in [0.1, 0.15) is 6.54 Å². The van der Waals surface area contributed by atoms with Crippen LogP contribution in [0.2, 0.25) is 0 Å². The number of nitrogens with one attached hydrogen (secondary N) is 1. The molecular formula is C10H17N5O. The van der Waals surface area contributed by atoms with Crippen LogP contribution in [0.25, 0.3) is 0 Å². The molecule has 1 aliphatic heterocycles. The molecule has 1 fully saturated rings. The summed E-state index contributed by atoms with van der Waals surface area (Å²) in [5, 5.41) is 10.9. The van der Waals surface area contributed by atoms with Crippen LogP contribution in [0.3, 0.4) is 0 Å². The average molecular weight is 223 g/mol. The lowest BCUT2D eigenvalue weighted by Crippen LogP contribution is -2.56. The molecule has 16 heavy (non-hydrogen) atoms. The van der Waals surface area contributed by atoms with E-state index in [0.29, 0.717) is 12.1 Å². The van der Waals surface area contributed by atoms with Gasteiger partial charge in [-0.25, -0.2) is 4.68 Å². The molecule has 1 saturated heterocycles. The normalized spacial score (nSPS) is 25.8. The molecule has 2 rings (SSSR count). The summed E-state index contributed by atoms with van der Waals surface area (Å²) in [4.78, 5) is 13.8. The number of carbonyl (C=O) groups excluding carboxylic acids is 1. The van der Waals surface area contributed by atoms with Gasteiger partial charge in [-0.3, -0.25) is 4.79 Å². The summed E-state index contributed by atoms with van der Waals surface area (Å²) in [7, 11) is 0. The van der Waals surface area contributed by atoms with Gasteiger partial charge in [-0.2, -0.15) is 0 Å². The van der Waals surface area contributed by atoms with Crippen molar-refractivity contribution in [2.24, 2.45) is 0 Å². The number of piperazine rings is 1. The Morgan fingerprint density at radius 1 is 1.44 bits per heavy atom. The Bertz CT molecular complexity index is 340. The molecule has 1 aromatic rings. The molecule has 0 bridgehead atoms. The quantitative estimate of drug-likeness (QED) is 0.733. The van der Waals surface area contributed by atoms with Crippen molar-refractivity contribution in [3.05, 3.63) is 12.4 Å². The van der Waals surface area contributed by atoms with E-state index in [1.54, 1.807) is 17.1 Å². The van der Waals surface area contributed by atoms with E-state index in [4.69, 9.17) is 0 Å². The second-order valence-electron chi connectivity index (χ2n) is 4.37. The fraction of sp³-hybridized carbons (Fsp3) is 0.700. The van der Waals surface area contributed by atoms with E-state index < -0.39 is 0 Å². The topological polar surface area (TPSA) is 63.1 Å². The summed E-state index contributed by atoms with van der Waals surface area (Å²) in [6, 6.07) is 0.701. The number of amides is 1. The Morgan fingerprint density at radius 2 is 2.12 bits per heavy atom. The maximum absolute atomic E-state index is 12.0. The van der Waals surface area contributed by atoms with E-state index in [0.717, 1.165) is 13.1 Å². The number of carbonyl (C=O) groups is 1. The van der Waals surface area contributed by atoms with Crippen LogP contribution < -0.4 is 5.32 Å². The fourth-order valence-electron chi connectivity index (χ4n) is 2.09. The Kier molecular flexibility index (Phi) is 3.19. The standard InChI is InChI=1S/C10H17N5O/c1-8-5-14(6-9(2)12-8)10(16)7-15-4-3-11-13-15/h3-4,8-9,12H,5-7H2,1-2H3. The molecule has 0 saturated carbocycles. The minimum absolute atomic E-state index is 0.103. The summed E-state index contributed by atoms with van der Waals surface area (Å²) >= 11 is 0. The summed E-state index contributed by atoms with van der Waals surface area (Å²) in [6.07, 6.45) is 3.28. The smallest absolute Gasteiger partial charge is 0.244 e. The lowest BCUT2D eigenvalue weighted by Gasteiger charge is -2.36. The Balaban J connectivity index is 1.94. The van der Waals surface area contributed by atoms with Gasteiger partial charge in [0.25, 0.3) is 0 Å². The molecular weight excluding hydrogens is 206 g/mol. The average Bonchev–Trinajstić information content (AvgIpc) is 2.68. The lowest BCUT2D eigenvalue weighted by atomic mass is 10.1. The highest BCUT2D eigenvalue weighted by molar-refractivity contribution is 5.76. The van der Waals surface area contributed by atoms with Gasteiger partial charge >= 0.3 is 0 Å². The highest BCUT2D eigenvalue weighted by Crippen LogP contribution is 2.05. The van der Waals surface area contributed by atoms with Crippen LogP contribution in [0.5, 0.6) is 0 Å². The first-order chi connectivity index (χ1) is 7.65. The van der Waals surface area contributed by atoms with Crippen LogP contribution in [0.15, 0.2) is 12.4 Å². The molecule has 2 unspecified atom stereocenters. The van der Waals surface area contributed by atoms with Crippen LogP contribution in [-0.2, 0) is 11.3 Å². The van der Waals surface area contributed by atoms with Gasteiger partial charge in [-0.1, -0.05) is 5.21 Å². The molecule has 0 spiro atoms. The van der Waals surface area contributed by atoms with E-state index in [2.05, 4.69) is 29.5 Å². The molecule has 1 amide bonds. The van der Waals surface area contributed by atoms with Crippen LogP contribution in [-0.4, -0.2) is 51.0 Å². The van der Waals surface area contributed by atoms with Crippen molar-refractivity contribution in [2.45, 2.75) is 32.5 Å². The molecule has 1 aromatic heterocycles. The van der Waals surface area contributed by atoms with Crippen LogP contribution in [0.1, 0.15) is 13.8 Å². The number of hydrogen-bond acceptors (Lipinski definition) is 4. The maximum Gasteiger partial charge on any atom is 0.244 e. The zero-order valence-electron chi connectivity index (χ0n) is 9.63. The predicted octanol–water partition coefficient (Wildman–Crippen LogP) is -0.513. The molecule has 6 heteroatoms. The molecule has 6 nitrogen and oxygen atoms in total. The Hall–Kier alpha value is -1.43. The van der Waals surface area contributed by atoms with Gasteiger partial charge < -0.3 is 10.2 Å². The van der Waals surface area contributed by atoms with Gasteiger partial charge in [0.15, 0.2) is 0 Å². The molecule has 88 valence electrons. The minimum atomic E-state index is 0.103. The zero-order valence-corrected chi connectivity index (χ0v) is 9.63. The predicted molar refractivity (Wildman–Crippen MR) is 58.7 cm³/mol. The highest BCUT2D eigenvalue weighted by Gasteiger charge is 2.24. The molecule has 0 aliphatic carbocycles. The fourth-order valence-corrected chi connectivity index (χ4v) is 2.09. The highest BCUT2D eigenvalue weighted by atomic mass is 16.2. The van der Waals surface area contributed by atoms with E-state index in [-0.39, 0.29) is 12.5 Å². The minimum Gasteiger partial charge on any atom is -0.338 e. The third-order valence-electron chi connectivity index (χ3n) is 2.68. The largest absolute Gasteiger partial charge is 0.338 e. The van der Waals surface area contributed by atoms with Gasteiger partial charge in [0.05, 0.1) is 6.20 Å². The second-order valence-corrected chi connectivity index (χ2v) is 4.37. The number of aromatic nitrogens is 3. The van der Waals surface area contributed by atoms with Gasteiger partial charge in [0, 0.05) is 31.4 Å². The van der Waals surface area contributed by atoms with Gasteiger partial charge in [0.2, 0.25) is 5.91 Å². The van der Waals surface area contributed by atoms with Gasteiger partial charge in [-0.05, 0) is 13.8 Å². The van der Waals surface area contributed by atoms with E-state index in [1.807, 2.05) is 4.90 Å². The van der Waals surface area contributed by atoms with Crippen molar-refractivity contribution in [1.29, 1.82) is 0 Å². The van der Waals surface area contributed by atoms with Crippen molar-refractivity contribution in [3.8, 4) is 0 Å². The molecule has 0 aromatic carbocycles. The van der Waals surface area contributed by atoms with E-state index in [9.17, 15) is 4.79 Å². The zero-order chi connectivity index (χ0) is 11.5. The molecule has 1 aliphatic rings. The van der Waals surface area contributed by atoms with E-state index in [1.165, 1.54) is 0 Å². The van der Waals surface area contributed by atoms with E-state index >= 15 is 0 Å². The number of nitrogens with zero attached hydrogens (tertiary/aromatic N) is 4. The summed E-state index contributed by atoms with van der Waals surface area (Å²) in [5.41, 5.74) is 0. The summed E-state index contributed by atoms with van der Waals surface area (Å²) in [6.45, 7) is 5.98. The summed E-state index contributed by atoms with van der Waals surface area (Å²) in [5.74, 6) is 0.103. The third kappa shape index (κ3) is 2.57. The molecule has 2 atom stereocenters. The number of rotatable bonds is 2. The van der Waals surface area contributed by atoms with Crippen molar-refractivity contribution >= 4 is 5.91 Å². The van der Waals surface area contributed by atoms with Crippen molar-refractivity contribution in [3.63, 3.8) is 0 Å². The van der Waals surface area contributed by atoms with Crippen LogP contribution in [0, 0.1) is 0 Å². The maximum atomic E-state index is 12.0. The first kappa shape index (κ1) is 11.1. The van der Waals surface area contributed by atoms with Crippen molar-refractivity contribution < 1.29 is 4.79 Å². The molecule has 0 radical (unpaired) electrons. The first-order valence-electron chi connectivity index (χ1n) is 5.53. The van der Waals surface area contributed by atoms with Crippen molar-refractivity contribution in [1.82, 2.24) is 25.2 Å². The molecule has 2 heterocycles. The monoisotopic (exact) mass is 223 g/mol. The van der Waals surface area contributed by atoms with Gasteiger partial charge in [-0.15, -0.1) is 5.10 Å². The molecule has 1 N–H and O–H groups in total. The second kappa shape index (κ2) is 4.61. The van der Waals surface area contributed by atoms with Crippen LogP contribution in [0.4, 0.5) is 0 Å².